The first-order valence-corrected chi connectivity index (χ1v) is 13.8. The normalized spacial score (nSPS) is 10.9. The molecule has 0 aliphatic heterocycles. The zero-order chi connectivity index (χ0) is 26.6. The standard InChI is InChI=1S/C30H33FN4O2S/c1-37-27-12-6-5-11-25(27)21-32-29(36)14-8-7-13-28-33-34-30(38-22-24-15-17-26(31)18-16-24)35(28)20-19-23-9-3-2-4-10-23/h2-6,9-12,15-18H,7-8,13-14,19-22H2,1H3,(H,32,36). The molecule has 1 amide bonds. The second kappa shape index (κ2) is 14.3. The van der Waals surface area contributed by atoms with E-state index >= 15 is 0 Å². The Morgan fingerprint density at radius 3 is 2.47 bits per heavy atom. The number of ether oxygens (including phenoxy) is 1. The van der Waals surface area contributed by atoms with Crippen LogP contribution in [0.1, 0.15) is 41.8 Å². The van der Waals surface area contributed by atoms with E-state index < -0.39 is 0 Å². The number of halogens is 1. The molecule has 1 heterocycles. The molecule has 0 saturated heterocycles. The highest BCUT2D eigenvalue weighted by Crippen LogP contribution is 2.23. The summed E-state index contributed by atoms with van der Waals surface area (Å²) in [6.45, 7) is 1.22. The van der Waals surface area contributed by atoms with Crippen molar-refractivity contribution in [3.05, 3.63) is 107 Å². The maximum Gasteiger partial charge on any atom is 0.220 e. The Labute approximate surface area is 227 Å². The van der Waals surface area contributed by atoms with Crippen LogP contribution in [0.4, 0.5) is 4.39 Å². The molecule has 0 fully saturated rings. The van der Waals surface area contributed by atoms with Crippen LogP contribution in [-0.4, -0.2) is 27.8 Å². The lowest BCUT2D eigenvalue weighted by Crippen LogP contribution is -2.22. The number of aromatic nitrogens is 3. The van der Waals surface area contributed by atoms with Crippen molar-refractivity contribution in [2.75, 3.05) is 7.11 Å². The van der Waals surface area contributed by atoms with Gasteiger partial charge in [-0.1, -0.05) is 72.4 Å². The molecule has 0 aliphatic carbocycles. The summed E-state index contributed by atoms with van der Waals surface area (Å²) >= 11 is 1.61. The number of nitrogens with one attached hydrogen (secondary N) is 1. The average molecular weight is 533 g/mol. The third-order valence-corrected chi connectivity index (χ3v) is 7.30. The van der Waals surface area contributed by atoms with Crippen LogP contribution in [0, 0.1) is 5.82 Å². The van der Waals surface area contributed by atoms with Gasteiger partial charge in [-0.05, 0) is 48.6 Å². The Morgan fingerprint density at radius 2 is 1.68 bits per heavy atom. The first-order valence-electron chi connectivity index (χ1n) is 12.8. The summed E-state index contributed by atoms with van der Waals surface area (Å²) in [7, 11) is 1.63. The SMILES string of the molecule is COc1ccccc1CNC(=O)CCCCc1nnc(SCc2ccc(F)cc2)n1CCc1ccccc1. The van der Waals surface area contributed by atoms with Crippen molar-refractivity contribution in [1.82, 2.24) is 20.1 Å². The third-order valence-electron chi connectivity index (χ3n) is 6.26. The van der Waals surface area contributed by atoms with E-state index in [1.54, 1.807) is 31.0 Å². The number of hydrogen-bond donors (Lipinski definition) is 1. The Hall–Kier alpha value is -3.65. The fourth-order valence-corrected chi connectivity index (χ4v) is 5.09. The Bertz CT molecular complexity index is 1300. The molecule has 0 bridgehead atoms. The predicted molar refractivity (Wildman–Crippen MR) is 149 cm³/mol. The summed E-state index contributed by atoms with van der Waals surface area (Å²) in [6, 6.07) is 24.6. The number of carbonyl (C=O) groups excluding carboxylic acids is 1. The fraction of sp³-hybridized carbons (Fsp3) is 0.300. The maximum atomic E-state index is 13.3. The van der Waals surface area contributed by atoms with Crippen LogP contribution in [-0.2, 0) is 36.5 Å². The lowest BCUT2D eigenvalue weighted by Gasteiger charge is -2.11. The van der Waals surface area contributed by atoms with E-state index in [9.17, 15) is 9.18 Å². The van der Waals surface area contributed by atoms with Gasteiger partial charge in [0, 0.05) is 37.2 Å². The molecule has 0 atom stereocenters. The molecule has 3 aromatic carbocycles. The summed E-state index contributed by atoms with van der Waals surface area (Å²) in [5.74, 6) is 2.18. The van der Waals surface area contributed by atoms with Crippen molar-refractivity contribution in [1.29, 1.82) is 0 Å². The summed E-state index contributed by atoms with van der Waals surface area (Å²) in [5.41, 5.74) is 3.25. The molecule has 0 spiro atoms. The van der Waals surface area contributed by atoms with E-state index in [0.717, 1.165) is 60.1 Å². The van der Waals surface area contributed by atoms with Gasteiger partial charge in [0.15, 0.2) is 5.16 Å². The number of rotatable bonds is 14. The highest BCUT2D eigenvalue weighted by Gasteiger charge is 2.14. The first kappa shape index (κ1) is 27.4. The molecule has 1 aromatic heterocycles. The highest BCUT2D eigenvalue weighted by atomic mass is 32.2. The number of carbonyl (C=O) groups is 1. The molecule has 1 N–H and O–H groups in total. The minimum Gasteiger partial charge on any atom is -0.496 e. The third kappa shape index (κ3) is 8.18. The molecule has 0 saturated carbocycles. The van der Waals surface area contributed by atoms with Crippen molar-refractivity contribution < 1.29 is 13.9 Å². The van der Waals surface area contributed by atoms with E-state index in [1.807, 2.05) is 42.5 Å². The minimum absolute atomic E-state index is 0.0250. The van der Waals surface area contributed by atoms with Crippen molar-refractivity contribution in [3.63, 3.8) is 0 Å². The van der Waals surface area contributed by atoms with E-state index in [1.165, 1.54) is 17.7 Å². The Morgan fingerprint density at radius 1 is 0.921 bits per heavy atom. The van der Waals surface area contributed by atoms with Crippen LogP contribution in [0.3, 0.4) is 0 Å². The predicted octanol–water partition coefficient (Wildman–Crippen LogP) is 5.99. The Kier molecular flexibility index (Phi) is 10.3. The highest BCUT2D eigenvalue weighted by molar-refractivity contribution is 7.98. The van der Waals surface area contributed by atoms with Gasteiger partial charge in [-0.15, -0.1) is 10.2 Å². The van der Waals surface area contributed by atoms with Gasteiger partial charge in [0.1, 0.15) is 17.4 Å². The van der Waals surface area contributed by atoms with E-state index in [-0.39, 0.29) is 11.7 Å². The molecule has 0 aliphatic rings. The molecule has 198 valence electrons. The van der Waals surface area contributed by atoms with Gasteiger partial charge in [-0.2, -0.15) is 0 Å². The number of thioether (sulfide) groups is 1. The molecule has 0 unspecified atom stereocenters. The minimum atomic E-state index is -0.236. The van der Waals surface area contributed by atoms with Crippen molar-refractivity contribution >= 4 is 17.7 Å². The summed E-state index contributed by atoms with van der Waals surface area (Å²) in [4.78, 5) is 12.4. The van der Waals surface area contributed by atoms with Crippen LogP contribution < -0.4 is 10.1 Å². The van der Waals surface area contributed by atoms with Gasteiger partial charge >= 0.3 is 0 Å². The lowest BCUT2D eigenvalue weighted by molar-refractivity contribution is -0.121. The van der Waals surface area contributed by atoms with Crippen LogP contribution in [0.2, 0.25) is 0 Å². The number of amides is 1. The summed E-state index contributed by atoms with van der Waals surface area (Å²) in [5, 5.41) is 12.8. The molecular formula is C30H33FN4O2S. The molecular weight excluding hydrogens is 499 g/mol. The van der Waals surface area contributed by atoms with Crippen LogP contribution in [0.5, 0.6) is 5.75 Å². The maximum absolute atomic E-state index is 13.3. The second-order valence-electron chi connectivity index (χ2n) is 9.00. The van der Waals surface area contributed by atoms with E-state index in [2.05, 4.69) is 32.2 Å². The number of hydrogen-bond acceptors (Lipinski definition) is 5. The van der Waals surface area contributed by atoms with Gasteiger partial charge in [0.25, 0.3) is 0 Å². The monoisotopic (exact) mass is 532 g/mol. The Balaban J connectivity index is 1.30. The number of para-hydroxylation sites is 1. The average Bonchev–Trinajstić information content (AvgIpc) is 3.34. The second-order valence-corrected chi connectivity index (χ2v) is 9.94. The van der Waals surface area contributed by atoms with E-state index in [4.69, 9.17) is 4.74 Å². The number of benzene rings is 3. The van der Waals surface area contributed by atoms with Crippen LogP contribution in [0.15, 0.2) is 84.0 Å². The van der Waals surface area contributed by atoms with Crippen molar-refractivity contribution in [2.45, 2.75) is 56.1 Å². The zero-order valence-corrected chi connectivity index (χ0v) is 22.4. The topological polar surface area (TPSA) is 69.0 Å². The van der Waals surface area contributed by atoms with Gasteiger partial charge in [0.2, 0.25) is 5.91 Å². The van der Waals surface area contributed by atoms with E-state index in [0.29, 0.717) is 18.7 Å². The number of aryl methyl sites for hydroxylation is 2. The molecule has 0 radical (unpaired) electrons. The van der Waals surface area contributed by atoms with Crippen molar-refractivity contribution in [3.8, 4) is 5.75 Å². The number of methoxy groups -OCH3 is 1. The van der Waals surface area contributed by atoms with Gasteiger partial charge in [-0.25, -0.2) is 4.39 Å². The van der Waals surface area contributed by atoms with Gasteiger partial charge in [0.05, 0.1) is 7.11 Å². The smallest absolute Gasteiger partial charge is 0.220 e. The first-order chi connectivity index (χ1) is 18.6. The van der Waals surface area contributed by atoms with Gasteiger partial charge in [-0.3, -0.25) is 4.79 Å². The zero-order valence-electron chi connectivity index (χ0n) is 21.6. The molecule has 6 nitrogen and oxygen atoms in total. The summed E-state index contributed by atoms with van der Waals surface area (Å²) in [6.07, 6.45) is 3.69. The molecule has 4 rings (SSSR count). The number of nitrogens with zero attached hydrogens (tertiary/aromatic N) is 3. The fourth-order valence-electron chi connectivity index (χ4n) is 4.15. The lowest BCUT2D eigenvalue weighted by atomic mass is 10.1. The molecule has 4 aromatic rings. The largest absolute Gasteiger partial charge is 0.496 e. The van der Waals surface area contributed by atoms with Crippen LogP contribution in [0.25, 0.3) is 0 Å². The van der Waals surface area contributed by atoms with Crippen molar-refractivity contribution in [2.24, 2.45) is 0 Å². The quantitative estimate of drug-likeness (QED) is 0.160. The summed E-state index contributed by atoms with van der Waals surface area (Å²) < 4.78 is 20.8. The van der Waals surface area contributed by atoms with Gasteiger partial charge < -0.3 is 14.6 Å². The van der Waals surface area contributed by atoms with Crippen LogP contribution >= 0.6 is 11.8 Å². The molecule has 8 heteroatoms. The molecule has 38 heavy (non-hydrogen) atoms. The number of unbranched alkanes of at least 4 members (excludes halogenated alkanes) is 1.